The van der Waals surface area contributed by atoms with E-state index in [9.17, 15) is 4.79 Å². The predicted octanol–water partition coefficient (Wildman–Crippen LogP) is 0.454. The van der Waals surface area contributed by atoms with E-state index in [0.717, 1.165) is 58.1 Å². The first-order valence-corrected chi connectivity index (χ1v) is 8.71. The highest BCUT2D eigenvalue weighted by Gasteiger charge is 2.23. The molecule has 3 heterocycles. The van der Waals surface area contributed by atoms with Gasteiger partial charge in [0.15, 0.2) is 5.82 Å². The maximum Gasteiger partial charge on any atom is 0.223 e. The third-order valence-corrected chi connectivity index (χ3v) is 4.76. The van der Waals surface area contributed by atoms with Gasteiger partial charge in [-0.25, -0.2) is 0 Å². The zero-order chi connectivity index (χ0) is 16.1. The van der Waals surface area contributed by atoms with Gasteiger partial charge in [0, 0.05) is 59.0 Å². The lowest BCUT2D eigenvalue weighted by Crippen LogP contribution is -2.47. The van der Waals surface area contributed by atoms with Crippen LogP contribution in [-0.2, 0) is 11.2 Å². The van der Waals surface area contributed by atoms with Crippen LogP contribution in [0, 0.1) is 12.8 Å². The van der Waals surface area contributed by atoms with Crippen LogP contribution in [0.1, 0.15) is 31.0 Å². The van der Waals surface area contributed by atoms with Crippen molar-refractivity contribution in [3.8, 4) is 0 Å². The molecule has 0 radical (unpaired) electrons. The van der Waals surface area contributed by atoms with Crippen LogP contribution in [0.5, 0.6) is 0 Å². The number of piperidine rings is 1. The quantitative estimate of drug-likeness (QED) is 0.849. The standard InChI is InChI=1S/C16H27N5O2/c1-13-18-15(19-23-13)11-14-3-2-7-20(12-14)8-4-16(22)21-9-5-17-6-10-21/h14,17H,2-12H2,1H3. The zero-order valence-corrected chi connectivity index (χ0v) is 14.0. The number of aromatic nitrogens is 2. The lowest BCUT2D eigenvalue weighted by Gasteiger charge is -2.33. The number of nitrogens with one attached hydrogen (secondary N) is 1. The fourth-order valence-corrected chi connectivity index (χ4v) is 3.53. The first kappa shape index (κ1) is 16.4. The molecule has 2 aliphatic rings. The zero-order valence-electron chi connectivity index (χ0n) is 14.0. The highest BCUT2D eigenvalue weighted by Crippen LogP contribution is 2.20. The molecule has 0 aromatic carbocycles. The summed E-state index contributed by atoms with van der Waals surface area (Å²) in [6, 6.07) is 0. The molecule has 0 spiro atoms. The Hall–Kier alpha value is -1.47. The van der Waals surface area contributed by atoms with Crippen molar-refractivity contribution in [2.24, 2.45) is 5.92 Å². The molecule has 1 amide bonds. The number of nitrogens with zero attached hydrogens (tertiary/aromatic N) is 4. The van der Waals surface area contributed by atoms with Gasteiger partial charge < -0.3 is 19.6 Å². The number of likely N-dealkylation sites (tertiary alicyclic amines) is 1. The average Bonchev–Trinajstić information content (AvgIpc) is 2.99. The smallest absolute Gasteiger partial charge is 0.223 e. The summed E-state index contributed by atoms with van der Waals surface area (Å²) in [5, 5.41) is 7.28. The van der Waals surface area contributed by atoms with Crippen molar-refractivity contribution < 1.29 is 9.32 Å². The normalized spacial score (nSPS) is 23.2. The molecule has 3 rings (SSSR count). The van der Waals surface area contributed by atoms with Crippen LogP contribution in [0.2, 0.25) is 0 Å². The van der Waals surface area contributed by atoms with E-state index in [1.54, 1.807) is 0 Å². The van der Waals surface area contributed by atoms with Gasteiger partial charge in [0.1, 0.15) is 0 Å². The summed E-state index contributed by atoms with van der Waals surface area (Å²) >= 11 is 0. The number of amides is 1. The fraction of sp³-hybridized carbons (Fsp3) is 0.812. The highest BCUT2D eigenvalue weighted by atomic mass is 16.5. The van der Waals surface area contributed by atoms with Crippen LogP contribution >= 0.6 is 0 Å². The van der Waals surface area contributed by atoms with Crippen molar-refractivity contribution in [2.75, 3.05) is 45.8 Å². The maximum absolute atomic E-state index is 12.3. The molecule has 7 heteroatoms. The molecule has 2 saturated heterocycles. The van der Waals surface area contributed by atoms with Crippen molar-refractivity contribution in [1.29, 1.82) is 0 Å². The van der Waals surface area contributed by atoms with Crippen molar-refractivity contribution >= 4 is 5.91 Å². The van der Waals surface area contributed by atoms with E-state index in [0.29, 0.717) is 24.1 Å². The van der Waals surface area contributed by atoms with Gasteiger partial charge in [0.25, 0.3) is 0 Å². The predicted molar refractivity (Wildman–Crippen MR) is 86.0 cm³/mol. The third-order valence-electron chi connectivity index (χ3n) is 4.76. The topological polar surface area (TPSA) is 74.5 Å². The van der Waals surface area contributed by atoms with E-state index >= 15 is 0 Å². The summed E-state index contributed by atoms with van der Waals surface area (Å²) in [5.41, 5.74) is 0. The second-order valence-electron chi connectivity index (χ2n) is 6.62. The number of hydrogen-bond acceptors (Lipinski definition) is 6. The number of piperazine rings is 1. The molecular formula is C16H27N5O2. The molecule has 7 nitrogen and oxygen atoms in total. The molecule has 1 aromatic rings. The SMILES string of the molecule is Cc1nc(CC2CCCN(CCC(=O)N3CCNCC3)C2)no1. The first-order valence-electron chi connectivity index (χ1n) is 8.71. The molecule has 0 aliphatic carbocycles. The van der Waals surface area contributed by atoms with Crippen LogP contribution < -0.4 is 5.32 Å². The number of aryl methyl sites for hydroxylation is 1. The molecule has 128 valence electrons. The number of rotatable bonds is 5. The van der Waals surface area contributed by atoms with Crippen molar-refractivity contribution in [3.05, 3.63) is 11.7 Å². The Morgan fingerprint density at radius 1 is 1.35 bits per heavy atom. The molecule has 1 atom stereocenters. The van der Waals surface area contributed by atoms with Crippen molar-refractivity contribution in [3.63, 3.8) is 0 Å². The number of carbonyl (C=O) groups excluding carboxylic acids is 1. The Morgan fingerprint density at radius 3 is 2.91 bits per heavy atom. The van der Waals surface area contributed by atoms with Crippen LogP contribution in [0.25, 0.3) is 0 Å². The van der Waals surface area contributed by atoms with Gasteiger partial charge in [-0.3, -0.25) is 4.79 Å². The summed E-state index contributed by atoms with van der Waals surface area (Å²) in [4.78, 5) is 21.0. The lowest BCUT2D eigenvalue weighted by molar-refractivity contribution is -0.132. The second-order valence-corrected chi connectivity index (χ2v) is 6.62. The molecule has 2 fully saturated rings. The third kappa shape index (κ3) is 4.75. The van der Waals surface area contributed by atoms with Crippen LogP contribution in [0.15, 0.2) is 4.52 Å². The summed E-state index contributed by atoms with van der Waals surface area (Å²) in [6.45, 7) is 8.34. The molecule has 0 saturated carbocycles. The highest BCUT2D eigenvalue weighted by molar-refractivity contribution is 5.76. The first-order chi connectivity index (χ1) is 11.2. The summed E-state index contributed by atoms with van der Waals surface area (Å²) in [6.07, 6.45) is 3.90. The van der Waals surface area contributed by atoms with Gasteiger partial charge in [-0.15, -0.1) is 0 Å². The maximum atomic E-state index is 12.3. The van der Waals surface area contributed by atoms with Gasteiger partial charge in [-0.05, 0) is 25.3 Å². The van der Waals surface area contributed by atoms with E-state index in [4.69, 9.17) is 4.52 Å². The van der Waals surface area contributed by atoms with Crippen LogP contribution in [-0.4, -0.2) is 71.7 Å². The van der Waals surface area contributed by atoms with Gasteiger partial charge in [0.05, 0.1) is 0 Å². The van der Waals surface area contributed by atoms with Crippen LogP contribution in [0.3, 0.4) is 0 Å². The van der Waals surface area contributed by atoms with E-state index in [2.05, 4.69) is 20.4 Å². The van der Waals surface area contributed by atoms with E-state index in [1.807, 2.05) is 11.8 Å². The van der Waals surface area contributed by atoms with E-state index in [1.165, 1.54) is 12.8 Å². The minimum Gasteiger partial charge on any atom is -0.340 e. The molecule has 2 aliphatic heterocycles. The molecule has 1 N–H and O–H groups in total. The van der Waals surface area contributed by atoms with E-state index < -0.39 is 0 Å². The molecule has 1 aromatic heterocycles. The lowest BCUT2D eigenvalue weighted by atomic mass is 9.94. The number of carbonyl (C=O) groups is 1. The Morgan fingerprint density at radius 2 is 2.17 bits per heavy atom. The largest absolute Gasteiger partial charge is 0.340 e. The average molecular weight is 321 g/mol. The Bertz CT molecular complexity index is 512. The van der Waals surface area contributed by atoms with Crippen molar-refractivity contribution in [2.45, 2.75) is 32.6 Å². The summed E-state index contributed by atoms with van der Waals surface area (Å²) in [7, 11) is 0. The molecule has 1 unspecified atom stereocenters. The Kier molecular flexibility index (Phi) is 5.61. The Balaban J connectivity index is 1.42. The van der Waals surface area contributed by atoms with Gasteiger partial charge in [0.2, 0.25) is 11.8 Å². The Labute approximate surface area is 137 Å². The van der Waals surface area contributed by atoms with Gasteiger partial charge >= 0.3 is 0 Å². The van der Waals surface area contributed by atoms with Gasteiger partial charge in [-0.1, -0.05) is 5.16 Å². The van der Waals surface area contributed by atoms with E-state index in [-0.39, 0.29) is 0 Å². The monoisotopic (exact) mass is 321 g/mol. The summed E-state index contributed by atoms with van der Waals surface area (Å²) in [5.74, 6) is 2.30. The minimum absolute atomic E-state index is 0.294. The van der Waals surface area contributed by atoms with Crippen LogP contribution in [0.4, 0.5) is 0 Å². The molecule has 0 bridgehead atoms. The minimum atomic E-state index is 0.294. The fourth-order valence-electron chi connectivity index (χ4n) is 3.53. The van der Waals surface area contributed by atoms with Crippen molar-refractivity contribution in [1.82, 2.24) is 25.3 Å². The molecule has 23 heavy (non-hydrogen) atoms. The second kappa shape index (κ2) is 7.88. The molecular weight excluding hydrogens is 294 g/mol. The summed E-state index contributed by atoms with van der Waals surface area (Å²) < 4.78 is 5.05. The van der Waals surface area contributed by atoms with Gasteiger partial charge in [-0.2, -0.15) is 4.98 Å². The number of hydrogen-bond donors (Lipinski definition) is 1.